The van der Waals surface area contributed by atoms with Crippen LogP contribution in [0.25, 0.3) is 0 Å². The summed E-state index contributed by atoms with van der Waals surface area (Å²) in [5.41, 5.74) is 0. The number of hydrogen-bond acceptors (Lipinski definition) is 4. The van der Waals surface area contributed by atoms with Gasteiger partial charge in [-0.25, -0.2) is 0 Å². The van der Waals surface area contributed by atoms with E-state index in [4.69, 9.17) is 23.2 Å². The van der Waals surface area contributed by atoms with Crippen LogP contribution in [0, 0.1) is 0 Å². The van der Waals surface area contributed by atoms with Crippen LogP contribution >= 0.6 is 67.5 Å². The van der Waals surface area contributed by atoms with Crippen molar-refractivity contribution in [2.45, 2.75) is 8.42 Å². The van der Waals surface area contributed by atoms with Crippen LogP contribution in [0.2, 0.25) is 8.67 Å². The van der Waals surface area contributed by atoms with Crippen molar-refractivity contribution in [1.29, 1.82) is 0 Å². The minimum atomic E-state index is 0.831. The highest BCUT2D eigenvalue weighted by molar-refractivity contribution is 8.77. The van der Waals surface area contributed by atoms with Gasteiger partial charge in [-0.15, -0.1) is 22.7 Å². The lowest BCUT2D eigenvalue weighted by Gasteiger charge is -1.92. The van der Waals surface area contributed by atoms with Crippen molar-refractivity contribution in [3.63, 3.8) is 0 Å². The first kappa shape index (κ1) is 11.2. The number of hydrogen-bond donors (Lipinski definition) is 0. The molecule has 0 aliphatic carbocycles. The van der Waals surface area contributed by atoms with Crippen LogP contribution in [0.15, 0.2) is 32.7 Å². The molecule has 0 saturated heterocycles. The molecule has 0 nitrogen and oxygen atoms in total. The first-order chi connectivity index (χ1) is 6.74. The molecule has 14 heavy (non-hydrogen) atoms. The summed E-state index contributed by atoms with van der Waals surface area (Å²) in [5.74, 6) is 0. The molecule has 74 valence electrons. The third-order valence-electron chi connectivity index (χ3n) is 1.30. The first-order valence-electron chi connectivity index (χ1n) is 3.59. The zero-order valence-corrected chi connectivity index (χ0v) is 11.5. The molecule has 2 heterocycles. The SMILES string of the molecule is Clc1ccc(SSc2ccc(Cl)s2)s1. The van der Waals surface area contributed by atoms with E-state index in [2.05, 4.69) is 0 Å². The van der Waals surface area contributed by atoms with Gasteiger partial charge in [0.1, 0.15) is 0 Å². The van der Waals surface area contributed by atoms with E-state index in [0.717, 1.165) is 8.67 Å². The Morgan fingerprint density at radius 3 is 1.50 bits per heavy atom. The van der Waals surface area contributed by atoms with Gasteiger partial charge in [-0.1, -0.05) is 23.2 Å². The van der Waals surface area contributed by atoms with E-state index >= 15 is 0 Å². The molecule has 0 aliphatic heterocycles. The second kappa shape index (κ2) is 5.14. The molecule has 0 N–H and O–H groups in total. The van der Waals surface area contributed by atoms with Crippen molar-refractivity contribution in [3.8, 4) is 0 Å². The Morgan fingerprint density at radius 2 is 1.21 bits per heavy atom. The van der Waals surface area contributed by atoms with E-state index in [1.54, 1.807) is 44.3 Å². The van der Waals surface area contributed by atoms with Crippen molar-refractivity contribution in [3.05, 3.63) is 32.9 Å². The second-order valence-corrected chi connectivity index (χ2v) is 8.44. The van der Waals surface area contributed by atoms with E-state index in [9.17, 15) is 0 Å². The lowest BCUT2D eigenvalue weighted by molar-refractivity contribution is 1.75. The van der Waals surface area contributed by atoms with Crippen molar-refractivity contribution < 1.29 is 0 Å². The molecule has 0 saturated carbocycles. The highest BCUT2D eigenvalue weighted by atomic mass is 35.5. The van der Waals surface area contributed by atoms with Crippen molar-refractivity contribution in [2.24, 2.45) is 0 Å². The van der Waals surface area contributed by atoms with Crippen LogP contribution in [0.5, 0.6) is 0 Å². The number of halogens is 2. The third kappa shape index (κ3) is 3.08. The van der Waals surface area contributed by atoms with Crippen molar-refractivity contribution in [2.75, 3.05) is 0 Å². The van der Waals surface area contributed by atoms with Gasteiger partial charge in [-0.05, 0) is 45.9 Å². The Kier molecular flexibility index (Phi) is 4.10. The molecule has 0 aliphatic rings. The fourth-order valence-electron chi connectivity index (χ4n) is 0.767. The van der Waals surface area contributed by atoms with Crippen molar-refractivity contribution in [1.82, 2.24) is 0 Å². The van der Waals surface area contributed by atoms with Gasteiger partial charge in [0.25, 0.3) is 0 Å². The highest BCUT2D eigenvalue weighted by Crippen LogP contribution is 2.44. The maximum Gasteiger partial charge on any atom is 0.0940 e. The predicted molar refractivity (Wildman–Crippen MR) is 70.4 cm³/mol. The quantitative estimate of drug-likeness (QED) is 0.646. The molecule has 2 rings (SSSR count). The molecular formula is C8H4Cl2S4. The smallest absolute Gasteiger partial charge is 0.0940 e. The summed E-state index contributed by atoms with van der Waals surface area (Å²) in [6.45, 7) is 0. The fourth-order valence-corrected chi connectivity index (χ4v) is 5.87. The molecule has 0 aromatic carbocycles. The largest absolute Gasteiger partial charge is 0.116 e. The van der Waals surface area contributed by atoms with E-state index in [-0.39, 0.29) is 0 Å². The zero-order valence-electron chi connectivity index (χ0n) is 6.70. The molecule has 0 amide bonds. The van der Waals surface area contributed by atoms with Gasteiger partial charge in [-0.3, -0.25) is 0 Å². The Bertz CT molecular complexity index is 380. The van der Waals surface area contributed by atoms with E-state index in [1.165, 1.54) is 8.42 Å². The monoisotopic (exact) mass is 298 g/mol. The minimum absolute atomic E-state index is 0.831. The molecule has 0 unspecified atom stereocenters. The summed E-state index contributed by atoms with van der Waals surface area (Å²) in [5, 5.41) is 0. The topological polar surface area (TPSA) is 0 Å². The summed E-state index contributed by atoms with van der Waals surface area (Å²) in [6, 6.07) is 7.88. The van der Waals surface area contributed by atoms with Gasteiger partial charge in [0.05, 0.1) is 17.1 Å². The van der Waals surface area contributed by atoms with Crippen LogP contribution in [0.4, 0.5) is 0 Å². The summed E-state index contributed by atoms with van der Waals surface area (Å²) < 4.78 is 4.09. The van der Waals surface area contributed by atoms with Crippen LogP contribution < -0.4 is 0 Å². The predicted octanol–water partition coefficient (Wildman–Crippen LogP) is 5.92. The average Bonchev–Trinajstić information content (AvgIpc) is 2.72. The maximum atomic E-state index is 5.82. The molecule has 0 radical (unpaired) electrons. The Balaban J connectivity index is 1.94. The van der Waals surface area contributed by atoms with E-state index in [1.807, 2.05) is 24.3 Å². The molecule has 0 spiro atoms. The third-order valence-corrected chi connectivity index (χ3v) is 7.00. The van der Waals surface area contributed by atoms with Gasteiger partial charge in [-0.2, -0.15) is 0 Å². The van der Waals surface area contributed by atoms with Crippen LogP contribution in [-0.4, -0.2) is 0 Å². The molecule has 0 fully saturated rings. The Morgan fingerprint density at radius 1 is 0.786 bits per heavy atom. The first-order valence-corrected chi connectivity index (χ1v) is 8.13. The van der Waals surface area contributed by atoms with Gasteiger partial charge < -0.3 is 0 Å². The van der Waals surface area contributed by atoms with Crippen molar-refractivity contribution >= 4 is 67.5 Å². The lowest BCUT2D eigenvalue weighted by Crippen LogP contribution is -1.51. The van der Waals surface area contributed by atoms with Gasteiger partial charge in [0.15, 0.2) is 0 Å². The molecule has 6 heteroatoms. The summed E-state index contributed by atoms with van der Waals surface area (Å²) >= 11 is 14.8. The summed E-state index contributed by atoms with van der Waals surface area (Å²) in [7, 11) is 3.42. The van der Waals surface area contributed by atoms with Crippen LogP contribution in [-0.2, 0) is 0 Å². The maximum absolute atomic E-state index is 5.82. The van der Waals surface area contributed by atoms with Gasteiger partial charge in [0, 0.05) is 0 Å². The molecule has 0 bridgehead atoms. The van der Waals surface area contributed by atoms with Gasteiger partial charge >= 0.3 is 0 Å². The number of thiophene rings is 2. The average molecular weight is 299 g/mol. The summed E-state index contributed by atoms with van der Waals surface area (Å²) in [4.78, 5) is 0. The Labute approximate surface area is 108 Å². The van der Waals surface area contributed by atoms with E-state index in [0.29, 0.717) is 0 Å². The normalized spacial score (nSPS) is 10.7. The number of rotatable bonds is 3. The standard InChI is InChI=1S/C8H4Cl2S4/c9-5-1-3-7(11-5)13-14-8-4-2-6(10)12-8/h1-4H. The molecule has 2 aromatic heterocycles. The van der Waals surface area contributed by atoms with Crippen LogP contribution in [0.3, 0.4) is 0 Å². The Hall–Kier alpha value is 0.680. The lowest BCUT2D eigenvalue weighted by atomic mass is 10.7. The molecule has 0 atom stereocenters. The molecule has 2 aromatic rings. The van der Waals surface area contributed by atoms with Gasteiger partial charge in [0.2, 0.25) is 0 Å². The van der Waals surface area contributed by atoms with E-state index < -0.39 is 0 Å². The summed E-state index contributed by atoms with van der Waals surface area (Å²) in [6.07, 6.45) is 0. The fraction of sp³-hybridized carbons (Fsp3) is 0. The van der Waals surface area contributed by atoms with Crippen LogP contribution in [0.1, 0.15) is 0 Å². The second-order valence-electron chi connectivity index (χ2n) is 2.28. The zero-order chi connectivity index (χ0) is 9.97. The highest BCUT2D eigenvalue weighted by Gasteiger charge is 2.02. The minimum Gasteiger partial charge on any atom is -0.116 e. The molecular weight excluding hydrogens is 295 g/mol.